The fraction of sp³-hybridized carbons (Fsp3) is 0.462. The van der Waals surface area contributed by atoms with Gasteiger partial charge in [0.15, 0.2) is 0 Å². The van der Waals surface area contributed by atoms with Crippen LogP contribution in [0.25, 0.3) is 0 Å². The zero-order valence-electron chi connectivity index (χ0n) is 10.7. The van der Waals surface area contributed by atoms with Crippen LogP contribution >= 0.6 is 23.4 Å². The van der Waals surface area contributed by atoms with Gasteiger partial charge in [0.25, 0.3) is 0 Å². The van der Waals surface area contributed by atoms with Crippen molar-refractivity contribution in [3.63, 3.8) is 0 Å². The first kappa shape index (κ1) is 15.2. The molecule has 0 radical (unpaired) electrons. The van der Waals surface area contributed by atoms with Crippen LogP contribution in [0.4, 0.5) is 5.69 Å². The van der Waals surface area contributed by atoms with Crippen molar-refractivity contribution in [3.8, 4) is 0 Å². The largest absolute Gasteiger partial charge is 0.398 e. The van der Waals surface area contributed by atoms with E-state index in [1.54, 1.807) is 18.2 Å². The summed E-state index contributed by atoms with van der Waals surface area (Å²) in [7, 11) is 0. The van der Waals surface area contributed by atoms with Crippen LogP contribution in [-0.4, -0.2) is 17.7 Å². The molecule has 1 rings (SSSR count). The summed E-state index contributed by atoms with van der Waals surface area (Å²) in [5.74, 6) is 0.0211. The quantitative estimate of drug-likeness (QED) is 0.479. The second-order valence-electron chi connectivity index (χ2n) is 4.06. The van der Waals surface area contributed by atoms with E-state index in [1.807, 2.05) is 6.92 Å². The number of amides is 1. The number of halogens is 1. The molecular formula is C13H19ClN2OS. The summed E-state index contributed by atoms with van der Waals surface area (Å²) in [6.07, 6.45) is 2.07. The van der Waals surface area contributed by atoms with E-state index in [4.69, 9.17) is 17.3 Å². The highest BCUT2D eigenvalue weighted by molar-refractivity contribution is 8.00. The van der Waals surface area contributed by atoms with Gasteiger partial charge in [-0.25, -0.2) is 0 Å². The van der Waals surface area contributed by atoms with E-state index >= 15 is 0 Å². The van der Waals surface area contributed by atoms with Crippen LogP contribution in [0.5, 0.6) is 0 Å². The Balaban J connectivity index is 2.58. The highest BCUT2D eigenvalue weighted by Crippen LogP contribution is 2.35. The van der Waals surface area contributed by atoms with Gasteiger partial charge in [0.1, 0.15) is 0 Å². The minimum absolute atomic E-state index is 0.0211. The molecule has 1 unspecified atom stereocenters. The SMILES string of the molecule is CCCCNC(=O)C(C)Sc1c(N)cccc1Cl. The number of carbonyl (C=O) groups excluding carboxylic acids is 1. The van der Waals surface area contributed by atoms with Crippen molar-refractivity contribution in [1.29, 1.82) is 0 Å². The lowest BCUT2D eigenvalue weighted by Crippen LogP contribution is -2.31. The predicted octanol–water partition coefficient (Wildman–Crippen LogP) is 3.32. The van der Waals surface area contributed by atoms with Crippen LogP contribution < -0.4 is 11.1 Å². The van der Waals surface area contributed by atoms with Crippen molar-refractivity contribution in [1.82, 2.24) is 5.32 Å². The average Bonchev–Trinajstić information content (AvgIpc) is 2.34. The smallest absolute Gasteiger partial charge is 0.233 e. The fourth-order valence-corrected chi connectivity index (χ4v) is 2.66. The summed E-state index contributed by atoms with van der Waals surface area (Å²) in [6, 6.07) is 5.37. The molecule has 3 N–H and O–H groups in total. The highest BCUT2D eigenvalue weighted by atomic mass is 35.5. The van der Waals surface area contributed by atoms with Crippen LogP contribution in [0, 0.1) is 0 Å². The number of nitrogen functional groups attached to an aromatic ring is 1. The standard InChI is InChI=1S/C13H19ClN2OS/c1-3-4-8-16-13(17)9(2)18-12-10(14)6-5-7-11(12)15/h5-7,9H,3-4,8,15H2,1-2H3,(H,16,17). The number of unbranched alkanes of at least 4 members (excludes halogenated alkanes) is 1. The molecule has 100 valence electrons. The number of nitrogens with one attached hydrogen (secondary N) is 1. The van der Waals surface area contributed by atoms with Crippen molar-refractivity contribution in [2.45, 2.75) is 36.8 Å². The molecule has 1 amide bonds. The Labute approximate surface area is 117 Å². The number of thioether (sulfide) groups is 1. The first-order valence-corrected chi connectivity index (χ1v) is 7.30. The van der Waals surface area contributed by atoms with Crippen molar-refractivity contribution in [2.75, 3.05) is 12.3 Å². The first-order chi connectivity index (χ1) is 8.56. The Kier molecular flexibility index (Phi) is 6.36. The molecule has 0 saturated heterocycles. The Bertz CT molecular complexity index is 392. The Morgan fingerprint density at radius 3 is 2.89 bits per heavy atom. The van der Waals surface area contributed by atoms with Gasteiger partial charge in [0, 0.05) is 17.1 Å². The third kappa shape index (κ3) is 4.42. The number of benzene rings is 1. The predicted molar refractivity (Wildman–Crippen MR) is 79.1 cm³/mol. The van der Waals surface area contributed by atoms with Gasteiger partial charge in [0.2, 0.25) is 5.91 Å². The molecule has 0 aliphatic carbocycles. The van der Waals surface area contributed by atoms with Gasteiger partial charge in [-0.2, -0.15) is 0 Å². The third-order valence-corrected chi connectivity index (χ3v) is 4.18. The van der Waals surface area contributed by atoms with Crippen molar-refractivity contribution >= 4 is 35.0 Å². The molecule has 0 bridgehead atoms. The molecule has 0 heterocycles. The second kappa shape index (κ2) is 7.54. The lowest BCUT2D eigenvalue weighted by Gasteiger charge is -2.14. The maximum atomic E-state index is 11.8. The van der Waals surface area contributed by atoms with E-state index in [9.17, 15) is 4.79 Å². The van der Waals surface area contributed by atoms with E-state index in [1.165, 1.54) is 11.8 Å². The molecule has 3 nitrogen and oxygen atoms in total. The molecule has 5 heteroatoms. The lowest BCUT2D eigenvalue weighted by atomic mass is 10.3. The molecule has 18 heavy (non-hydrogen) atoms. The first-order valence-electron chi connectivity index (χ1n) is 6.04. The topological polar surface area (TPSA) is 55.1 Å². The molecule has 0 aromatic heterocycles. The summed E-state index contributed by atoms with van der Waals surface area (Å²) in [5, 5.41) is 3.29. The summed E-state index contributed by atoms with van der Waals surface area (Å²) >= 11 is 7.47. The summed E-state index contributed by atoms with van der Waals surface area (Å²) in [5.41, 5.74) is 6.47. The number of nitrogens with two attached hydrogens (primary N) is 1. The number of hydrogen-bond donors (Lipinski definition) is 2. The molecule has 1 aromatic rings. The van der Waals surface area contributed by atoms with Gasteiger partial charge in [-0.15, -0.1) is 11.8 Å². The van der Waals surface area contributed by atoms with Gasteiger partial charge in [-0.3, -0.25) is 4.79 Å². The van der Waals surface area contributed by atoms with E-state index < -0.39 is 0 Å². The summed E-state index contributed by atoms with van der Waals surface area (Å²) < 4.78 is 0. The van der Waals surface area contributed by atoms with Gasteiger partial charge in [-0.1, -0.05) is 31.0 Å². The normalized spacial score (nSPS) is 12.2. The zero-order chi connectivity index (χ0) is 13.5. The van der Waals surface area contributed by atoms with E-state index in [0.717, 1.165) is 24.3 Å². The Morgan fingerprint density at radius 2 is 2.28 bits per heavy atom. The average molecular weight is 287 g/mol. The van der Waals surface area contributed by atoms with Gasteiger partial charge in [-0.05, 0) is 25.5 Å². The molecule has 0 saturated carbocycles. The van der Waals surface area contributed by atoms with Gasteiger partial charge in [0.05, 0.1) is 10.3 Å². The number of hydrogen-bond acceptors (Lipinski definition) is 3. The van der Waals surface area contributed by atoms with E-state index in [-0.39, 0.29) is 11.2 Å². The maximum absolute atomic E-state index is 11.8. The van der Waals surface area contributed by atoms with E-state index in [2.05, 4.69) is 12.2 Å². The molecule has 0 aliphatic rings. The highest BCUT2D eigenvalue weighted by Gasteiger charge is 2.16. The second-order valence-corrected chi connectivity index (χ2v) is 5.82. The monoisotopic (exact) mass is 286 g/mol. The lowest BCUT2D eigenvalue weighted by molar-refractivity contribution is -0.120. The minimum Gasteiger partial charge on any atom is -0.398 e. The van der Waals surface area contributed by atoms with Gasteiger partial charge >= 0.3 is 0 Å². The molecule has 1 atom stereocenters. The molecule has 1 aromatic carbocycles. The van der Waals surface area contributed by atoms with Crippen molar-refractivity contribution in [3.05, 3.63) is 23.2 Å². The van der Waals surface area contributed by atoms with Crippen LogP contribution in [0.3, 0.4) is 0 Å². The fourth-order valence-electron chi connectivity index (χ4n) is 1.41. The molecule has 0 fully saturated rings. The number of rotatable bonds is 6. The summed E-state index contributed by atoms with van der Waals surface area (Å²) in [4.78, 5) is 12.6. The van der Waals surface area contributed by atoms with E-state index in [0.29, 0.717) is 10.7 Å². The summed E-state index contributed by atoms with van der Waals surface area (Å²) in [6.45, 7) is 4.67. The van der Waals surface area contributed by atoms with Crippen LogP contribution in [-0.2, 0) is 4.79 Å². The number of anilines is 1. The third-order valence-electron chi connectivity index (χ3n) is 2.49. The van der Waals surface area contributed by atoms with Crippen LogP contribution in [0.15, 0.2) is 23.1 Å². The maximum Gasteiger partial charge on any atom is 0.233 e. The molecule has 0 spiro atoms. The van der Waals surface area contributed by atoms with Crippen LogP contribution in [0.2, 0.25) is 5.02 Å². The zero-order valence-corrected chi connectivity index (χ0v) is 12.3. The van der Waals surface area contributed by atoms with Gasteiger partial charge < -0.3 is 11.1 Å². The van der Waals surface area contributed by atoms with Crippen LogP contribution in [0.1, 0.15) is 26.7 Å². The van der Waals surface area contributed by atoms with Crippen molar-refractivity contribution in [2.24, 2.45) is 0 Å². The molecular weight excluding hydrogens is 268 g/mol. The minimum atomic E-state index is -0.205. The molecule has 0 aliphatic heterocycles. The Hall–Kier alpha value is -0.870. The van der Waals surface area contributed by atoms with Crippen molar-refractivity contribution < 1.29 is 4.79 Å². The number of carbonyl (C=O) groups is 1. The Morgan fingerprint density at radius 1 is 1.56 bits per heavy atom.